The van der Waals surface area contributed by atoms with Gasteiger partial charge in [-0.3, -0.25) is 14.5 Å². The molecule has 0 N–H and O–H groups in total. The molecule has 0 spiro atoms. The average molecular weight is 686 g/mol. The van der Waals surface area contributed by atoms with Crippen molar-refractivity contribution in [2.24, 2.45) is 0 Å². The van der Waals surface area contributed by atoms with Gasteiger partial charge in [0, 0.05) is 72.5 Å². The standard InChI is InChI=1S/C31H29Cl3N6O2S.C2H6/c1-19(15-21-3-5-22(32)6-4-21)28-20(2)27(36-40(28)26-8-7-23(33)16-25(26)34)30(41)39-17-24(18-39)37-10-12-38(13-11-37)31(42)29-35-9-14-43-29;1-2/h3-9,14-16,24H,10-13,17-18H2,1-2H3;1-2H3/b19-15+;. The lowest BCUT2D eigenvalue weighted by molar-refractivity contribution is 0.00817. The first-order valence-corrected chi connectivity index (χ1v) is 16.9. The van der Waals surface area contributed by atoms with Gasteiger partial charge in [0.15, 0.2) is 10.7 Å². The summed E-state index contributed by atoms with van der Waals surface area (Å²) in [7, 11) is 0. The van der Waals surface area contributed by atoms with Crippen molar-refractivity contribution in [1.82, 2.24) is 29.5 Å². The van der Waals surface area contributed by atoms with E-state index in [1.165, 1.54) is 11.3 Å². The topological polar surface area (TPSA) is 74.6 Å². The third-order valence-electron chi connectivity index (χ3n) is 7.97. The van der Waals surface area contributed by atoms with Crippen LogP contribution in [0.3, 0.4) is 0 Å². The number of hydrogen-bond acceptors (Lipinski definition) is 6. The number of thiazole rings is 1. The highest BCUT2D eigenvalue weighted by Crippen LogP contribution is 2.32. The first-order valence-electron chi connectivity index (χ1n) is 14.9. The molecule has 0 bridgehead atoms. The fraction of sp³-hybridized carbons (Fsp3) is 0.333. The SMILES string of the molecule is C/C(=C\c1ccc(Cl)cc1)c1c(C)c(C(=O)N2CC(N3CCN(C(=O)c4nccs4)CC3)C2)nn1-c1ccc(Cl)cc1Cl.CC. The molecule has 236 valence electrons. The van der Waals surface area contributed by atoms with Crippen molar-refractivity contribution in [1.29, 1.82) is 0 Å². The maximum absolute atomic E-state index is 13.8. The van der Waals surface area contributed by atoms with E-state index in [-0.39, 0.29) is 17.9 Å². The second-order valence-corrected chi connectivity index (χ2v) is 12.9. The Morgan fingerprint density at radius 1 is 0.911 bits per heavy atom. The number of rotatable bonds is 6. The minimum Gasteiger partial charge on any atom is -0.334 e. The molecule has 8 nitrogen and oxygen atoms in total. The summed E-state index contributed by atoms with van der Waals surface area (Å²) in [6.07, 6.45) is 3.69. The van der Waals surface area contributed by atoms with Gasteiger partial charge >= 0.3 is 0 Å². The first kappa shape index (κ1) is 33.2. The molecule has 12 heteroatoms. The van der Waals surface area contributed by atoms with E-state index >= 15 is 0 Å². The molecule has 4 heterocycles. The van der Waals surface area contributed by atoms with Crippen molar-refractivity contribution in [3.63, 3.8) is 0 Å². The predicted octanol–water partition coefficient (Wildman–Crippen LogP) is 7.47. The molecule has 2 aromatic heterocycles. The first-order chi connectivity index (χ1) is 21.7. The summed E-state index contributed by atoms with van der Waals surface area (Å²) in [4.78, 5) is 36.6. The number of benzene rings is 2. The zero-order chi connectivity index (χ0) is 32.2. The molecule has 2 aromatic carbocycles. The van der Waals surface area contributed by atoms with Crippen molar-refractivity contribution in [3.8, 4) is 5.69 Å². The lowest BCUT2D eigenvalue weighted by atomic mass is 10.0. The van der Waals surface area contributed by atoms with Gasteiger partial charge in [-0.2, -0.15) is 5.10 Å². The van der Waals surface area contributed by atoms with Crippen LogP contribution in [0.1, 0.15) is 57.9 Å². The quantitative estimate of drug-likeness (QED) is 0.211. The second kappa shape index (κ2) is 14.5. The molecule has 2 aliphatic rings. The summed E-state index contributed by atoms with van der Waals surface area (Å²) in [5, 5.41) is 8.78. The number of amides is 2. The summed E-state index contributed by atoms with van der Waals surface area (Å²) >= 11 is 20.3. The number of halogens is 3. The summed E-state index contributed by atoms with van der Waals surface area (Å²) < 4.78 is 1.74. The number of allylic oxidation sites excluding steroid dienone is 1. The van der Waals surface area contributed by atoms with Crippen LogP contribution in [0.5, 0.6) is 0 Å². The fourth-order valence-electron chi connectivity index (χ4n) is 5.62. The van der Waals surface area contributed by atoms with Crippen molar-refractivity contribution in [2.75, 3.05) is 39.3 Å². The Morgan fingerprint density at radius 2 is 1.58 bits per heavy atom. The monoisotopic (exact) mass is 684 g/mol. The van der Waals surface area contributed by atoms with Gasteiger partial charge in [-0.05, 0) is 61.4 Å². The Morgan fingerprint density at radius 3 is 2.20 bits per heavy atom. The van der Waals surface area contributed by atoms with Crippen LogP contribution in [0, 0.1) is 6.92 Å². The number of aromatic nitrogens is 3. The van der Waals surface area contributed by atoms with Crippen LogP contribution in [-0.2, 0) is 0 Å². The third-order valence-corrected chi connectivity index (χ3v) is 9.52. The van der Waals surface area contributed by atoms with Gasteiger partial charge in [0.2, 0.25) is 0 Å². The lowest BCUT2D eigenvalue weighted by Crippen LogP contribution is -2.64. The number of likely N-dealkylation sites (tertiary alicyclic amines) is 1. The maximum Gasteiger partial charge on any atom is 0.282 e. The molecule has 0 radical (unpaired) electrons. The zero-order valence-corrected chi connectivity index (χ0v) is 28.7. The minimum absolute atomic E-state index is 0.0110. The highest BCUT2D eigenvalue weighted by Gasteiger charge is 2.39. The summed E-state index contributed by atoms with van der Waals surface area (Å²) in [5.41, 5.74) is 4.49. The van der Waals surface area contributed by atoms with Crippen LogP contribution in [-0.4, -0.2) is 86.6 Å². The summed E-state index contributed by atoms with van der Waals surface area (Å²) in [6.45, 7) is 12.0. The van der Waals surface area contributed by atoms with E-state index in [9.17, 15) is 9.59 Å². The Balaban J connectivity index is 0.00000196. The van der Waals surface area contributed by atoms with Crippen LogP contribution < -0.4 is 0 Å². The van der Waals surface area contributed by atoms with Crippen LogP contribution >= 0.6 is 46.1 Å². The Kier molecular flexibility index (Phi) is 10.7. The Labute approximate surface area is 282 Å². The molecule has 4 aromatic rings. The van der Waals surface area contributed by atoms with Gasteiger partial charge in [0.25, 0.3) is 11.8 Å². The molecule has 0 atom stereocenters. The molecule has 2 fully saturated rings. The zero-order valence-electron chi connectivity index (χ0n) is 25.6. The second-order valence-electron chi connectivity index (χ2n) is 10.7. The fourth-order valence-corrected chi connectivity index (χ4v) is 6.84. The largest absolute Gasteiger partial charge is 0.334 e. The molecule has 0 aliphatic carbocycles. The van der Waals surface area contributed by atoms with Crippen LogP contribution in [0.4, 0.5) is 0 Å². The maximum atomic E-state index is 13.8. The van der Waals surface area contributed by atoms with Crippen LogP contribution in [0.2, 0.25) is 15.1 Å². The number of hydrogen-bond donors (Lipinski definition) is 0. The van der Waals surface area contributed by atoms with Gasteiger partial charge in [-0.25, -0.2) is 9.67 Å². The molecule has 0 unspecified atom stereocenters. The highest BCUT2D eigenvalue weighted by atomic mass is 35.5. The minimum atomic E-state index is -0.115. The van der Waals surface area contributed by atoms with Crippen LogP contribution in [0.25, 0.3) is 17.3 Å². The molecular formula is C33H35Cl3N6O2S. The third kappa shape index (κ3) is 7.13. The van der Waals surface area contributed by atoms with E-state index in [0.29, 0.717) is 57.6 Å². The van der Waals surface area contributed by atoms with Gasteiger partial charge < -0.3 is 9.80 Å². The van der Waals surface area contributed by atoms with Crippen LogP contribution in [0.15, 0.2) is 54.0 Å². The van der Waals surface area contributed by atoms with Gasteiger partial charge in [0.05, 0.1) is 16.4 Å². The Bertz CT molecular complexity index is 1690. The van der Waals surface area contributed by atoms with Crippen molar-refractivity contribution >= 4 is 69.6 Å². The Hall–Kier alpha value is -3.21. The normalized spacial score (nSPS) is 15.8. The molecule has 2 saturated heterocycles. The van der Waals surface area contributed by atoms with E-state index in [2.05, 4.69) is 9.88 Å². The molecule has 6 rings (SSSR count). The molecule has 2 aliphatic heterocycles. The van der Waals surface area contributed by atoms with Gasteiger partial charge in [-0.1, -0.05) is 60.8 Å². The average Bonchev–Trinajstić information content (AvgIpc) is 3.67. The molecule has 45 heavy (non-hydrogen) atoms. The van der Waals surface area contributed by atoms with Crippen molar-refractivity contribution in [3.05, 3.63) is 96.6 Å². The van der Waals surface area contributed by atoms with E-state index in [1.54, 1.807) is 23.0 Å². The molecule has 0 saturated carbocycles. The van der Waals surface area contributed by atoms with Gasteiger partial charge in [-0.15, -0.1) is 11.3 Å². The number of nitrogens with zero attached hydrogens (tertiary/aromatic N) is 6. The smallest absolute Gasteiger partial charge is 0.282 e. The van der Waals surface area contributed by atoms with Crippen molar-refractivity contribution in [2.45, 2.75) is 33.7 Å². The van der Waals surface area contributed by atoms with Crippen molar-refractivity contribution < 1.29 is 9.59 Å². The predicted molar refractivity (Wildman–Crippen MR) is 184 cm³/mol. The van der Waals surface area contributed by atoms with E-state index in [1.807, 2.05) is 79.3 Å². The van der Waals surface area contributed by atoms with E-state index in [4.69, 9.17) is 39.9 Å². The van der Waals surface area contributed by atoms with Gasteiger partial charge in [0.1, 0.15) is 0 Å². The number of carbonyl (C=O) groups is 2. The van der Waals surface area contributed by atoms with E-state index in [0.717, 1.165) is 35.5 Å². The number of carbonyl (C=O) groups excluding carboxylic acids is 2. The molecule has 2 amide bonds. The summed E-state index contributed by atoms with van der Waals surface area (Å²) in [6, 6.07) is 13.1. The molecular weight excluding hydrogens is 651 g/mol. The van der Waals surface area contributed by atoms with E-state index < -0.39 is 0 Å². The summed E-state index contributed by atoms with van der Waals surface area (Å²) in [5.74, 6) is -0.126. The number of piperazine rings is 1. The highest BCUT2D eigenvalue weighted by molar-refractivity contribution is 7.11. The lowest BCUT2D eigenvalue weighted by Gasteiger charge is -2.47.